The number of thiophene rings is 1. The van der Waals surface area contributed by atoms with Gasteiger partial charge >= 0.3 is 5.97 Å². The van der Waals surface area contributed by atoms with E-state index in [1.807, 2.05) is 17.5 Å². The molecule has 0 radical (unpaired) electrons. The molecule has 1 amide bonds. The minimum atomic E-state index is -1.12. The summed E-state index contributed by atoms with van der Waals surface area (Å²) in [7, 11) is 0. The molecule has 1 atom stereocenters. The largest absolute Gasteiger partial charge is 0.477 e. The van der Waals surface area contributed by atoms with Gasteiger partial charge in [-0.05, 0) is 36.4 Å². The Hall–Kier alpha value is -2.21. The summed E-state index contributed by atoms with van der Waals surface area (Å²) in [5.41, 5.74) is 0.0890. The molecule has 3 heterocycles. The molecular weight excluding hydrogens is 288 g/mol. The predicted molar refractivity (Wildman–Crippen MR) is 78.5 cm³/mol. The fourth-order valence-electron chi connectivity index (χ4n) is 2.61. The number of pyridine rings is 1. The van der Waals surface area contributed by atoms with E-state index in [1.54, 1.807) is 28.4 Å². The zero-order valence-electron chi connectivity index (χ0n) is 11.2. The average Bonchev–Trinajstić information content (AvgIpc) is 3.17. The third kappa shape index (κ3) is 2.67. The van der Waals surface area contributed by atoms with Crippen molar-refractivity contribution in [2.75, 3.05) is 6.54 Å². The summed E-state index contributed by atoms with van der Waals surface area (Å²) >= 11 is 1.64. The SMILES string of the molecule is O=C(O)c1cccc(C(=O)N2CCC[C@H]2c2cccs2)n1. The summed E-state index contributed by atoms with van der Waals surface area (Å²) in [6, 6.07) is 8.60. The quantitative estimate of drug-likeness (QED) is 0.946. The van der Waals surface area contributed by atoms with E-state index in [-0.39, 0.29) is 23.3 Å². The normalized spacial score (nSPS) is 17.9. The Morgan fingerprint density at radius 2 is 2.05 bits per heavy atom. The highest BCUT2D eigenvalue weighted by Gasteiger charge is 2.31. The molecule has 21 heavy (non-hydrogen) atoms. The molecule has 1 aliphatic rings. The molecular formula is C15H14N2O3S. The van der Waals surface area contributed by atoms with E-state index in [0.717, 1.165) is 17.7 Å². The summed E-state index contributed by atoms with van der Waals surface area (Å²) < 4.78 is 0. The van der Waals surface area contributed by atoms with Crippen LogP contribution in [-0.4, -0.2) is 33.4 Å². The van der Waals surface area contributed by atoms with Crippen LogP contribution in [0.5, 0.6) is 0 Å². The molecule has 5 nitrogen and oxygen atoms in total. The summed E-state index contributed by atoms with van der Waals surface area (Å²) in [6.45, 7) is 0.681. The van der Waals surface area contributed by atoms with E-state index in [4.69, 9.17) is 5.11 Å². The molecule has 0 unspecified atom stereocenters. The van der Waals surface area contributed by atoms with Gasteiger partial charge in [-0.2, -0.15) is 0 Å². The maximum atomic E-state index is 12.6. The second-order valence-electron chi connectivity index (χ2n) is 4.89. The Labute approximate surface area is 125 Å². The Balaban J connectivity index is 1.87. The Morgan fingerprint density at radius 3 is 2.76 bits per heavy atom. The van der Waals surface area contributed by atoms with Gasteiger partial charge in [0.25, 0.3) is 5.91 Å². The fraction of sp³-hybridized carbons (Fsp3) is 0.267. The molecule has 0 aliphatic carbocycles. The first-order chi connectivity index (χ1) is 10.2. The lowest BCUT2D eigenvalue weighted by atomic mass is 10.2. The molecule has 0 spiro atoms. The molecule has 1 aliphatic heterocycles. The first-order valence-electron chi connectivity index (χ1n) is 6.71. The minimum Gasteiger partial charge on any atom is -0.477 e. The summed E-state index contributed by atoms with van der Waals surface area (Å²) in [6.07, 6.45) is 1.89. The van der Waals surface area contributed by atoms with E-state index >= 15 is 0 Å². The van der Waals surface area contributed by atoms with E-state index in [2.05, 4.69) is 4.98 Å². The molecule has 3 rings (SSSR count). The second kappa shape index (κ2) is 5.65. The standard InChI is InChI=1S/C15H14N2O3S/c18-14(10-4-1-5-11(16-10)15(19)20)17-8-2-6-12(17)13-7-3-9-21-13/h1,3-5,7,9,12H,2,6,8H2,(H,19,20)/t12-/m0/s1. The number of aromatic nitrogens is 1. The predicted octanol–water partition coefficient (Wildman–Crippen LogP) is 2.82. The van der Waals surface area contributed by atoms with Crippen LogP contribution in [0.25, 0.3) is 0 Å². The third-order valence-electron chi connectivity index (χ3n) is 3.57. The van der Waals surface area contributed by atoms with Crippen LogP contribution in [0.15, 0.2) is 35.7 Å². The van der Waals surface area contributed by atoms with Gasteiger partial charge in [-0.15, -0.1) is 11.3 Å². The lowest BCUT2D eigenvalue weighted by Crippen LogP contribution is -2.31. The number of rotatable bonds is 3. The van der Waals surface area contributed by atoms with Crippen LogP contribution in [0.4, 0.5) is 0 Å². The van der Waals surface area contributed by atoms with Crippen molar-refractivity contribution in [3.63, 3.8) is 0 Å². The van der Waals surface area contributed by atoms with Crippen LogP contribution >= 0.6 is 11.3 Å². The zero-order chi connectivity index (χ0) is 14.8. The van der Waals surface area contributed by atoms with Crippen molar-refractivity contribution >= 4 is 23.2 Å². The highest BCUT2D eigenvalue weighted by Crippen LogP contribution is 2.35. The van der Waals surface area contributed by atoms with Gasteiger partial charge in [0.2, 0.25) is 0 Å². The highest BCUT2D eigenvalue weighted by atomic mass is 32.1. The topological polar surface area (TPSA) is 70.5 Å². The minimum absolute atomic E-state index is 0.0767. The van der Waals surface area contributed by atoms with E-state index < -0.39 is 5.97 Å². The number of carboxylic acid groups (broad SMARTS) is 1. The van der Waals surface area contributed by atoms with Gasteiger partial charge in [0.15, 0.2) is 0 Å². The van der Waals surface area contributed by atoms with Crippen molar-refractivity contribution in [2.24, 2.45) is 0 Å². The highest BCUT2D eigenvalue weighted by molar-refractivity contribution is 7.10. The van der Waals surface area contributed by atoms with Gasteiger partial charge in [0.05, 0.1) is 6.04 Å². The smallest absolute Gasteiger partial charge is 0.354 e. The van der Waals surface area contributed by atoms with E-state index in [1.165, 1.54) is 6.07 Å². The Kier molecular flexibility index (Phi) is 3.70. The molecule has 6 heteroatoms. The van der Waals surface area contributed by atoms with Gasteiger partial charge in [-0.3, -0.25) is 4.79 Å². The first kappa shape index (κ1) is 13.8. The van der Waals surface area contributed by atoms with Gasteiger partial charge in [-0.25, -0.2) is 9.78 Å². The summed E-state index contributed by atoms with van der Waals surface area (Å²) in [5, 5.41) is 11.0. The number of hydrogen-bond donors (Lipinski definition) is 1. The van der Waals surface area contributed by atoms with Crippen LogP contribution in [0, 0.1) is 0 Å². The monoisotopic (exact) mass is 302 g/mol. The van der Waals surface area contributed by atoms with Gasteiger partial charge in [-0.1, -0.05) is 12.1 Å². The first-order valence-corrected chi connectivity index (χ1v) is 7.59. The van der Waals surface area contributed by atoms with Crippen molar-refractivity contribution in [2.45, 2.75) is 18.9 Å². The van der Waals surface area contributed by atoms with Crippen molar-refractivity contribution in [1.82, 2.24) is 9.88 Å². The van der Waals surface area contributed by atoms with Crippen molar-refractivity contribution < 1.29 is 14.7 Å². The molecule has 1 N–H and O–H groups in total. The number of carboxylic acids is 1. The fourth-order valence-corrected chi connectivity index (χ4v) is 3.48. The van der Waals surface area contributed by atoms with Crippen LogP contribution in [0.1, 0.15) is 44.7 Å². The van der Waals surface area contributed by atoms with Gasteiger partial charge in [0, 0.05) is 11.4 Å². The van der Waals surface area contributed by atoms with Gasteiger partial charge < -0.3 is 10.0 Å². The Bertz CT molecular complexity index is 669. The molecule has 108 valence electrons. The van der Waals surface area contributed by atoms with Crippen molar-refractivity contribution in [1.29, 1.82) is 0 Å². The molecule has 0 saturated carbocycles. The number of hydrogen-bond acceptors (Lipinski definition) is 4. The van der Waals surface area contributed by atoms with Crippen molar-refractivity contribution in [3.8, 4) is 0 Å². The van der Waals surface area contributed by atoms with E-state index in [9.17, 15) is 9.59 Å². The van der Waals surface area contributed by atoms with E-state index in [0.29, 0.717) is 6.54 Å². The van der Waals surface area contributed by atoms with Gasteiger partial charge in [0.1, 0.15) is 11.4 Å². The maximum absolute atomic E-state index is 12.6. The number of aromatic carboxylic acids is 1. The number of carbonyl (C=O) groups is 2. The molecule has 0 bridgehead atoms. The number of nitrogens with zero attached hydrogens (tertiary/aromatic N) is 2. The van der Waals surface area contributed by atoms with Crippen LogP contribution in [0.3, 0.4) is 0 Å². The number of amides is 1. The van der Waals surface area contributed by atoms with Crippen molar-refractivity contribution in [3.05, 3.63) is 52.0 Å². The summed E-state index contributed by atoms with van der Waals surface area (Å²) in [5.74, 6) is -1.32. The Morgan fingerprint density at radius 1 is 1.24 bits per heavy atom. The average molecular weight is 302 g/mol. The number of likely N-dealkylation sites (tertiary alicyclic amines) is 1. The third-order valence-corrected chi connectivity index (χ3v) is 4.55. The molecule has 2 aromatic rings. The zero-order valence-corrected chi connectivity index (χ0v) is 12.0. The number of carbonyl (C=O) groups excluding carboxylic acids is 1. The lowest BCUT2D eigenvalue weighted by molar-refractivity contribution is 0.0689. The molecule has 0 aromatic carbocycles. The lowest BCUT2D eigenvalue weighted by Gasteiger charge is -2.23. The molecule has 1 saturated heterocycles. The maximum Gasteiger partial charge on any atom is 0.354 e. The second-order valence-corrected chi connectivity index (χ2v) is 5.86. The van der Waals surface area contributed by atoms with Crippen LogP contribution in [-0.2, 0) is 0 Å². The molecule has 2 aromatic heterocycles. The summed E-state index contributed by atoms with van der Waals surface area (Å²) in [4.78, 5) is 30.5. The molecule has 1 fully saturated rings. The van der Waals surface area contributed by atoms with Crippen LogP contribution < -0.4 is 0 Å². The van der Waals surface area contributed by atoms with Crippen LogP contribution in [0.2, 0.25) is 0 Å².